The minimum atomic E-state index is 0.364. The zero-order valence-electron chi connectivity index (χ0n) is 24.3. The van der Waals surface area contributed by atoms with Gasteiger partial charge in [-0.05, 0) is 47.5 Å². The summed E-state index contributed by atoms with van der Waals surface area (Å²) in [7, 11) is 4.15. The molecule has 7 aromatic rings. The zero-order valence-corrected chi connectivity index (χ0v) is 24.3. The summed E-state index contributed by atoms with van der Waals surface area (Å²) >= 11 is 0. The summed E-state index contributed by atoms with van der Waals surface area (Å²) in [5.74, 6) is 0.915. The van der Waals surface area contributed by atoms with Crippen LogP contribution in [0.4, 0.5) is 11.8 Å². The number of hydrogen-bond donors (Lipinski definition) is 2. The molecular formula is C34H30N10+2. The summed E-state index contributed by atoms with van der Waals surface area (Å²) in [4.78, 5) is 8.68. The van der Waals surface area contributed by atoms with Crippen LogP contribution in [-0.2, 0) is 14.1 Å². The summed E-state index contributed by atoms with van der Waals surface area (Å²) < 4.78 is 8.59. The number of nitrogens with zero attached hydrogens (tertiary/aromatic N) is 8. The lowest BCUT2D eigenvalue weighted by Gasteiger charge is -2.03. The average Bonchev–Trinajstić information content (AvgIpc) is 3.58. The molecule has 0 aliphatic heterocycles. The first kappa shape index (κ1) is 26.7. The first-order valence-corrected chi connectivity index (χ1v) is 14.2. The quantitative estimate of drug-likeness (QED) is 0.153. The molecule has 10 heteroatoms. The number of hydrogen-bond acceptors (Lipinski definition) is 6. The van der Waals surface area contributed by atoms with Crippen LogP contribution in [0.3, 0.4) is 0 Å². The van der Waals surface area contributed by atoms with Crippen LogP contribution < -0.4 is 19.7 Å². The Labute approximate surface area is 253 Å². The topological polar surface area (TPSA) is 92.6 Å². The van der Waals surface area contributed by atoms with E-state index in [1.165, 1.54) is 0 Å². The molecule has 0 unspecified atom stereocenters. The van der Waals surface area contributed by atoms with Crippen molar-refractivity contribution in [2.24, 2.45) is 24.3 Å². The van der Waals surface area contributed by atoms with Crippen molar-refractivity contribution in [3.05, 3.63) is 133 Å². The summed E-state index contributed by atoms with van der Waals surface area (Å²) in [5, 5.41) is 8.65. The summed E-state index contributed by atoms with van der Waals surface area (Å²) in [6, 6.07) is 30.6. The van der Waals surface area contributed by atoms with E-state index in [4.69, 9.17) is 0 Å². The molecule has 214 valence electrons. The van der Waals surface area contributed by atoms with Gasteiger partial charge >= 0.3 is 0 Å². The number of fused-ring (bicyclic) bond motifs is 2. The fourth-order valence-corrected chi connectivity index (χ4v) is 5.19. The molecule has 0 bridgehead atoms. The van der Waals surface area contributed by atoms with Gasteiger partial charge in [0.05, 0.1) is 38.9 Å². The highest BCUT2D eigenvalue weighted by atomic mass is 15.4. The standard InChI is InChI=1S/C34H30N10/c1-41-29(23-43-19-5-3-7-32(41)43)27-13-9-25(10-14-27)21-36-39-31-17-18-35-34(38-31)40-37-22-26-11-15-28(16-12-26)30-24-44-20-6-4-8-33(44)42(30)2/h3-24H,1-2H3,(H2,35,38,39,40)/q+2/b36-21+,37-22+. The van der Waals surface area contributed by atoms with Gasteiger partial charge < -0.3 is 0 Å². The minimum Gasteiger partial charge on any atom is -0.261 e. The smallest absolute Gasteiger partial charge is 0.261 e. The maximum Gasteiger partial charge on any atom is 0.286 e. The lowest BCUT2D eigenvalue weighted by atomic mass is 10.1. The number of pyridine rings is 2. The Hall–Kier alpha value is -6.16. The van der Waals surface area contributed by atoms with Crippen LogP contribution in [0, 0.1) is 0 Å². The monoisotopic (exact) mass is 578 g/mol. The van der Waals surface area contributed by atoms with Crippen LogP contribution >= 0.6 is 0 Å². The summed E-state index contributed by atoms with van der Waals surface area (Å²) in [5.41, 5.74) is 14.6. The third kappa shape index (κ3) is 5.39. The van der Waals surface area contributed by atoms with E-state index in [-0.39, 0.29) is 0 Å². The second kappa shape index (κ2) is 11.6. The molecule has 0 spiro atoms. The molecule has 0 saturated carbocycles. The van der Waals surface area contributed by atoms with Crippen molar-refractivity contribution in [1.82, 2.24) is 19.1 Å². The van der Waals surface area contributed by atoms with E-state index >= 15 is 0 Å². The van der Waals surface area contributed by atoms with Crippen LogP contribution in [-0.4, -0.2) is 31.5 Å². The molecule has 5 heterocycles. The Morgan fingerprint density at radius 2 is 1.16 bits per heavy atom. The van der Waals surface area contributed by atoms with E-state index in [2.05, 4.69) is 124 Å². The van der Waals surface area contributed by atoms with Gasteiger partial charge in [0.15, 0.2) is 17.2 Å². The lowest BCUT2D eigenvalue weighted by Crippen LogP contribution is -2.17. The third-order valence-electron chi connectivity index (χ3n) is 7.51. The predicted molar refractivity (Wildman–Crippen MR) is 172 cm³/mol. The third-order valence-corrected chi connectivity index (χ3v) is 7.51. The average molecular weight is 579 g/mol. The molecule has 0 atom stereocenters. The molecule has 0 fully saturated rings. The highest BCUT2D eigenvalue weighted by molar-refractivity contribution is 5.82. The van der Waals surface area contributed by atoms with Crippen molar-refractivity contribution < 1.29 is 8.80 Å². The van der Waals surface area contributed by atoms with Crippen molar-refractivity contribution in [3.63, 3.8) is 0 Å². The first-order valence-electron chi connectivity index (χ1n) is 14.2. The molecule has 0 aliphatic carbocycles. The number of aromatic nitrogens is 6. The zero-order chi connectivity index (χ0) is 29.9. The second-order valence-corrected chi connectivity index (χ2v) is 10.3. The number of imidazole rings is 2. The van der Waals surface area contributed by atoms with Gasteiger partial charge in [0.1, 0.15) is 12.4 Å². The van der Waals surface area contributed by atoms with Gasteiger partial charge in [0.25, 0.3) is 11.3 Å². The number of benzene rings is 2. The first-order chi connectivity index (χ1) is 21.6. The molecule has 7 rings (SSSR count). The fourth-order valence-electron chi connectivity index (χ4n) is 5.19. The van der Waals surface area contributed by atoms with E-state index in [1.807, 2.05) is 48.5 Å². The number of hydrazone groups is 2. The van der Waals surface area contributed by atoms with Crippen molar-refractivity contribution in [2.75, 3.05) is 10.9 Å². The van der Waals surface area contributed by atoms with Gasteiger partial charge in [-0.25, -0.2) is 28.3 Å². The van der Waals surface area contributed by atoms with Gasteiger partial charge in [-0.2, -0.15) is 15.2 Å². The van der Waals surface area contributed by atoms with E-state index in [0.29, 0.717) is 11.8 Å². The Morgan fingerprint density at radius 1 is 0.636 bits per heavy atom. The van der Waals surface area contributed by atoms with Crippen LogP contribution in [0.25, 0.3) is 33.8 Å². The van der Waals surface area contributed by atoms with Crippen molar-refractivity contribution in [3.8, 4) is 22.5 Å². The number of rotatable bonds is 8. The Morgan fingerprint density at radius 3 is 1.68 bits per heavy atom. The van der Waals surface area contributed by atoms with E-state index in [9.17, 15) is 0 Å². The normalized spacial score (nSPS) is 11.7. The summed E-state index contributed by atoms with van der Waals surface area (Å²) in [6.07, 6.45) is 13.5. The fraction of sp³-hybridized carbons (Fsp3) is 0.0588. The van der Waals surface area contributed by atoms with Gasteiger partial charge in [0, 0.05) is 35.5 Å². The molecular weight excluding hydrogens is 548 g/mol. The SMILES string of the molecule is Cn1c(-c2ccc(/C=N/Nc3ccnc(N/N=C/c4ccc(-c5c[n+]6ccccc6n5C)cc4)n3)cc2)c[n+]2ccccc12. The molecule has 5 aromatic heterocycles. The Kier molecular flexibility index (Phi) is 7.05. The summed E-state index contributed by atoms with van der Waals surface area (Å²) in [6.45, 7) is 0. The second-order valence-electron chi connectivity index (χ2n) is 10.3. The maximum absolute atomic E-state index is 4.43. The molecule has 2 aromatic carbocycles. The number of anilines is 2. The Balaban J connectivity index is 0.958. The molecule has 44 heavy (non-hydrogen) atoms. The van der Waals surface area contributed by atoms with Gasteiger partial charge in [-0.1, -0.05) is 36.4 Å². The minimum absolute atomic E-state index is 0.364. The molecule has 0 aliphatic rings. The predicted octanol–water partition coefficient (Wildman–Crippen LogP) is 4.86. The molecule has 0 radical (unpaired) electrons. The molecule has 0 amide bonds. The lowest BCUT2D eigenvalue weighted by molar-refractivity contribution is -0.510. The van der Waals surface area contributed by atoms with Crippen LogP contribution in [0.5, 0.6) is 0 Å². The van der Waals surface area contributed by atoms with Crippen molar-refractivity contribution >= 4 is 35.5 Å². The van der Waals surface area contributed by atoms with E-state index < -0.39 is 0 Å². The molecule has 10 nitrogen and oxygen atoms in total. The largest absolute Gasteiger partial charge is 0.286 e. The van der Waals surface area contributed by atoms with Gasteiger partial charge in [-0.15, -0.1) is 0 Å². The maximum atomic E-state index is 4.43. The van der Waals surface area contributed by atoms with Crippen molar-refractivity contribution in [2.45, 2.75) is 0 Å². The molecule has 2 N–H and O–H groups in total. The van der Waals surface area contributed by atoms with Crippen molar-refractivity contribution in [1.29, 1.82) is 0 Å². The van der Waals surface area contributed by atoms with E-state index in [0.717, 1.165) is 44.9 Å². The number of aryl methyl sites for hydroxylation is 2. The van der Waals surface area contributed by atoms with Gasteiger partial charge in [0.2, 0.25) is 5.95 Å². The molecule has 0 saturated heterocycles. The number of nitrogens with one attached hydrogen (secondary N) is 2. The van der Waals surface area contributed by atoms with Gasteiger partial charge in [-0.3, -0.25) is 5.43 Å². The Bertz CT molecular complexity index is 1990. The van der Waals surface area contributed by atoms with Crippen LogP contribution in [0.2, 0.25) is 0 Å². The highest BCUT2D eigenvalue weighted by Gasteiger charge is 2.16. The van der Waals surface area contributed by atoms with E-state index in [1.54, 1.807) is 24.7 Å². The highest BCUT2D eigenvalue weighted by Crippen LogP contribution is 2.21. The van der Waals surface area contributed by atoms with Crippen LogP contribution in [0.1, 0.15) is 11.1 Å². The van der Waals surface area contributed by atoms with Crippen LogP contribution in [0.15, 0.2) is 132 Å².